The van der Waals surface area contributed by atoms with Crippen molar-refractivity contribution in [3.05, 3.63) is 35.5 Å². The number of hydrogen-bond acceptors (Lipinski definition) is 3. The van der Waals surface area contributed by atoms with Crippen molar-refractivity contribution in [2.45, 2.75) is 33.0 Å². The molecule has 4 nitrogen and oxygen atoms in total. The fourth-order valence-electron chi connectivity index (χ4n) is 1.94. The summed E-state index contributed by atoms with van der Waals surface area (Å²) in [5.41, 5.74) is 6.97. The number of aryl methyl sites for hydroxylation is 1. The van der Waals surface area contributed by atoms with Gasteiger partial charge in [0.2, 0.25) is 0 Å². The molecule has 0 aliphatic rings. The first-order valence-electron chi connectivity index (χ1n) is 6.49. The van der Waals surface area contributed by atoms with E-state index in [4.69, 9.17) is 5.73 Å². The molecule has 3 N–H and O–H groups in total. The number of nitrogen functional groups attached to an aromatic ring is 1. The molecular formula is C14H17F3N4. The molecule has 2 aromatic rings. The van der Waals surface area contributed by atoms with Gasteiger partial charge < -0.3 is 11.1 Å². The summed E-state index contributed by atoms with van der Waals surface area (Å²) in [4.78, 5) is 0. The minimum Gasteiger partial charge on any atom is -0.394 e. The number of halogens is 3. The Bertz CT molecular complexity index is 627. The number of nitrogens with one attached hydrogen (secondary N) is 1. The van der Waals surface area contributed by atoms with E-state index in [2.05, 4.69) is 10.4 Å². The van der Waals surface area contributed by atoms with Crippen LogP contribution in [0.4, 0.5) is 30.4 Å². The number of nitrogens with zero attached hydrogens (tertiary/aromatic N) is 2. The highest BCUT2D eigenvalue weighted by Gasteiger charge is 2.30. The topological polar surface area (TPSA) is 55.9 Å². The molecular weight excluding hydrogens is 281 g/mol. The van der Waals surface area contributed by atoms with Crippen molar-refractivity contribution in [1.82, 2.24) is 9.78 Å². The first kappa shape index (κ1) is 15.2. The van der Waals surface area contributed by atoms with Crippen molar-refractivity contribution in [3.8, 4) is 0 Å². The van der Waals surface area contributed by atoms with Gasteiger partial charge in [-0.3, -0.25) is 0 Å². The lowest BCUT2D eigenvalue weighted by atomic mass is 10.2. The summed E-state index contributed by atoms with van der Waals surface area (Å²) >= 11 is 0. The first-order valence-corrected chi connectivity index (χ1v) is 6.49. The molecule has 7 heteroatoms. The Balaban J connectivity index is 2.30. The maximum atomic E-state index is 12.5. The van der Waals surface area contributed by atoms with Crippen molar-refractivity contribution in [3.63, 3.8) is 0 Å². The van der Waals surface area contributed by atoms with Crippen LogP contribution in [0.25, 0.3) is 0 Å². The zero-order valence-electron chi connectivity index (χ0n) is 12.0. The first-order chi connectivity index (χ1) is 9.70. The monoisotopic (exact) mass is 298 g/mol. The predicted molar refractivity (Wildman–Crippen MR) is 76.5 cm³/mol. The summed E-state index contributed by atoms with van der Waals surface area (Å²) in [7, 11) is 0. The van der Waals surface area contributed by atoms with Crippen LogP contribution in [0, 0.1) is 6.92 Å². The van der Waals surface area contributed by atoms with Crippen LogP contribution in [0.3, 0.4) is 0 Å². The minimum atomic E-state index is -4.34. The summed E-state index contributed by atoms with van der Waals surface area (Å²) in [6.45, 7) is 5.68. The van der Waals surface area contributed by atoms with E-state index in [1.54, 1.807) is 11.6 Å². The normalized spacial score (nSPS) is 12.0. The molecule has 2 rings (SSSR count). The van der Waals surface area contributed by atoms with Crippen LogP contribution < -0.4 is 11.1 Å². The molecule has 0 saturated carbocycles. The maximum Gasteiger partial charge on any atom is 0.416 e. The Morgan fingerprint density at radius 1 is 1.19 bits per heavy atom. The molecule has 0 unspecified atom stereocenters. The average Bonchev–Trinajstić information content (AvgIpc) is 2.67. The lowest BCUT2D eigenvalue weighted by molar-refractivity contribution is -0.137. The molecule has 0 radical (unpaired) electrons. The largest absolute Gasteiger partial charge is 0.416 e. The average molecular weight is 298 g/mol. The zero-order chi connectivity index (χ0) is 15.8. The Labute approximate surface area is 120 Å². The Morgan fingerprint density at radius 3 is 2.24 bits per heavy atom. The smallest absolute Gasteiger partial charge is 0.394 e. The van der Waals surface area contributed by atoms with Crippen molar-refractivity contribution < 1.29 is 13.2 Å². The summed E-state index contributed by atoms with van der Waals surface area (Å²) in [5.74, 6) is 0.585. The van der Waals surface area contributed by atoms with Crippen LogP contribution in [0.2, 0.25) is 0 Å². The molecule has 0 saturated heterocycles. The van der Waals surface area contributed by atoms with E-state index in [9.17, 15) is 13.2 Å². The van der Waals surface area contributed by atoms with Gasteiger partial charge >= 0.3 is 6.18 Å². The quantitative estimate of drug-likeness (QED) is 0.896. The van der Waals surface area contributed by atoms with Crippen molar-refractivity contribution in [2.24, 2.45) is 0 Å². The molecule has 1 aromatic carbocycles. The van der Waals surface area contributed by atoms with Gasteiger partial charge in [0, 0.05) is 11.7 Å². The van der Waals surface area contributed by atoms with Crippen molar-refractivity contribution in [1.29, 1.82) is 0 Å². The fourth-order valence-corrected chi connectivity index (χ4v) is 1.94. The lowest BCUT2D eigenvalue weighted by Crippen LogP contribution is -2.08. The second-order valence-corrected chi connectivity index (χ2v) is 5.09. The SMILES string of the molecule is Cc1nn(C(C)C)c(Nc2ccc(C(F)(F)F)cc2)c1N. The maximum absolute atomic E-state index is 12.5. The molecule has 0 bridgehead atoms. The number of rotatable bonds is 3. The van der Waals surface area contributed by atoms with Crippen LogP contribution >= 0.6 is 0 Å². The molecule has 0 aliphatic heterocycles. The highest BCUT2D eigenvalue weighted by Crippen LogP contribution is 2.32. The van der Waals surface area contributed by atoms with Crippen molar-refractivity contribution >= 4 is 17.2 Å². The van der Waals surface area contributed by atoms with E-state index < -0.39 is 11.7 Å². The summed E-state index contributed by atoms with van der Waals surface area (Å²) in [6, 6.07) is 4.88. The van der Waals surface area contributed by atoms with E-state index >= 15 is 0 Å². The highest BCUT2D eigenvalue weighted by molar-refractivity contribution is 5.71. The third-order valence-electron chi connectivity index (χ3n) is 3.10. The van der Waals surface area contributed by atoms with Crippen LogP contribution in [0.15, 0.2) is 24.3 Å². The second kappa shape index (κ2) is 5.31. The summed E-state index contributed by atoms with van der Waals surface area (Å²) in [6.07, 6.45) is -4.34. The van der Waals surface area contributed by atoms with Gasteiger partial charge in [-0.15, -0.1) is 0 Å². The number of aromatic nitrogens is 2. The summed E-state index contributed by atoms with van der Waals surface area (Å²) < 4.78 is 39.3. The van der Waals surface area contributed by atoms with E-state index in [0.29, 0.717) is 22.9 Å². The van der Waals surface area contributed by atoms with Crippen molar-refractivity contribution in [2.75, 3.05) is 11.1 Å². The van der Waals surface area contributed by atoms with Gasteiger partial charge in [-0.25, -0.2) is 4.68 Å². The second-order valence-electron chi connectivity index (χ2n) is 5.09. The molecule has 21 heavy (non-hydrogen) atoms. The Hall–Kier alpha value is -2.18. The number of anilines is 3. The van der Waals surface area contributed by atoms with E-state index in [0.717, 1.165) is 12.1 Å². The highest BCUT2D eigenvalue weighted by atomic mass is 19.4. The standard InChI is InChI=1S/C14H17F3N4/c1-8(2)21-13(12(18)9(3)20-21)19-11-6-4-10(5-7-11)14(15,16)17/h4-8,19H,18H2,1-3H3. The van der Waals surface area contributed by atoms with Crippen LogP contribution in [-0.4, -0.2) is 9.78 Å². The fraction of sp³-hybridized carbons (Fsp3) is 0.357. The molecule has 0 spiro atoms. The third kappa shape index (κ3) is 3.12. The zero-order valence-corrected chi connectivity index (χ0v) is 12.0. The molecule has 0 fully saturated rings. The molecule has 114 valence electrons. The molecule has 0 atom stereocenters. The number of hydrogen-bond donors (Lipinski definition) is 2. The van der Waals surface area contributed by atoms with Crippen LogP contribution in [-0.2, 0) is 6.18 Å². The lowest BCUT2D eigenvalue weighted by Gasteiger charge is -2.14. The predicted octanol–water partition coefficient (Wildman–Crippen LogP) is 4.12. The van der Waals surface area contributed by atoms with E-state index in [-0.39, 0.29) is 6.04 Å². The van der Waals surface area contributed by atoms with Gasteiger partial charge in [0.1, 0.15) is 0 Å². The van der Waals surface area contributed by atoms with Gasteiger partial charge in [0.15, 0.2) is 5.82 Å². The van der Waals surface area contributed by atoms with E-state index in [1.807, 2.05) is 13.8 Å². The van der Waals surface area contributed by atoms with Crippen LogP contribution in [0.1, 0.15) is 31.1 Å². The van der Waals surface area contributed by atoms with E-state index in [1.165, 1.54) is 12.1 Å². The number of alkyl halides is 3. The van der Waals surface area contributed by atoms with Gasteiger partial charge in [0.05, 0.1) is 16.9 Å². The minimum absolute atomic E-state index is 0.0814. The molecule has 0 aliphatic carbocycles. The molecule has 0 amide bonds. The third-order valence-corrected chi connectivity index (χ3v) is 3.10. The van der Waals surface area contributed by atoms with Gasteiger partial charge in [-0.2, -0.15) is 18.3 Å². The van der Waals surface area contributed by atoms with Gasteiger partial charge in [-0.1, -0.05) is 0 Å². The van der Waals surface area contributed by atoms with Gasteiger partial charge in [0.25, 0.3) is 0 Å². The number of nitrogens with two attached hydrogens (primary N) is 1. The summed E-state index contributed by atoms with van der Waals surface area (Å²) in [5, 5.41) is 7.34. The Morgan fingerprint density at radius 2 is 1.76 bits per heavy atom. The van der Waals surface area contributed by atoms with Gasteiger partial charge in [-0.05, 0) is 45.0 Å². The number of benzene rings is 1. The molecule has 1 heterocycles. The molecule has 1 aromatic heterocycles. The Kier molecular flexibility index (Phi) is 3.85. The van der Waals surface area contributed by atoms with Crippen LogP contribution in [0.5, 0.6) is 0 Å².